The van der Waals surface area contributed by atoms with Gasteiger partial charge in [-0.2, -0.15) is 5.10 Å². The van der Waals surface area contributed by atoms with E-state index in [1.54, 1.807) is 21.7 Å². The predicted octanol–water partition coefficient (Wildman–Crippen LogP) is 7.73. The summed E-state index contributed by atoms with van der Waals surface area (Å²) in [5.41, 5.74) is 4.39. The number of hydrogen-bond acceptors (Lipinski definition) is 6. The molecule has 0 bridgehead atoms. The normalized spacial score (nSPS) is 15.7. The van der Waals surface area contributed by atoms with E-state index in [1.807, 2.05) is 85.0 Å². The Morgan fingerprint density at radius 2 is 1.82 bits per heavy atom. The van der Waals surface area contributed by atoms with Gasteiger partial charge in [0.15, 0.2) is 11.9 Å². The van der Waals surface area contributed by atoms with Gasteiger partial charge in [-0.05, 0) is 89.1 Å². The highest BCUT2D eigenvalue weighted by atomic mass is 35.5. The Bertz CT molecular complexity index is 1960. The second-order valence-corrected chi connectivity index (χ2v) is 14.3. The summed E-state index contributed by atoms with van der Waals surface area (Å²) in [6.07, 6.45) is -1.19. The van der Waals surface area contributed by atoms with Crippen molar-refractivity contribution >= 4 is 61.9 Å². The summed E-state index contributed by atoms with van der Waals surface area (Å²) in [4.78, 5) is 32.2. The number of halogens is 1. The molecule has 2 N–H and O–H groups in total. The van der Waals surface area contributed by atoms with Crippen molar-refractivity contribution < 1.29 is 19.4 Å². The van der Waals surface area contributed by atoms with Crippen LogP contribution in [0.2, 0.25) is 5.02 Å². The molecule has 228 valence electrons. The number of aromatic nitrogens is 3. The summed E-state index contributed by atoms with van der Waals surface area (Å²) >= 11 is 7.73. The van der Waals surface area contributed by atoms with E-state index in [0.717, 1.165) is 48.4 Å². The van der Waals surface area contributed by atoms with Crippen LogP contribution in [0.4, 0.5) is 10.6 Å². The van der Waals surface area contributed by atoms with Gasteiger partial charge in [0.2, 0.25) is 0 Å². The number of urea groups is 1. The Balaban J connectivity index is 1.55. The first-order chi connectivity index (χ1) is 20.6. The van der Waals surface area contributed by atoms with E-state index in [-0.39, 0.29) is 11.6 Å². The fourth-order valence-corrected chi connectivity index (χ4v) is 7.02. The number of benzene rings is 3. The summed E-state index contributed by atoms with van der Waals surface area (Å²) in [5.74, 6) is -0.469. The zero-order chi connectivity index (χ0) is 31.7. The topological polar surface area (TPSA) is 110 Å². The fourth-order valence-electron chi connectivity index (χ4n) is 5.78. The van der Waals surface area contributed by atoms with Crippen LogP contribution in [-0.4, -0.2) is 49.6 Å². The Morgan fingerprint density at radius 1 is 1.14 bits per heavy atom. The Hall–Kier alpha value is -3.99. The number of anilines is 1. The maximum absolute atomic E-state index is 12.9. The van der Waals surface area contributed by atoms with E-state index >= 15 is 0 Å². The molecule has 1 aliphatic rings. The van der Waals surface area contributed by atoms with Gasteiger partial charge in [-0.25, -0.2) is 14.6 Å². The van der Waals surface area contributed by atoms with Crippen molar-refractivity contribution in [3.05, 3.63) is 64.7 Å². The number of thiazole rings is 1. The zero-order valence-electron chi connectivity index (χ0n) is 25.7. The molecule has 3 aromatic carbocycles. The quantitative estimate of drug-likeness (QED) is 0.198. The van der Waals surface area contributed by atoms with Crippen molar-refractivity contribution in [2.75, 3.05) is 11.4 Å². The highest BCUT2D eigenvalue weighted by Gasteiger charge is 2.38. The second-order valence-electron chi connectivity index (χ2n) is 12.9. The molecule has 2 aromatic heterocycles. The van der Waals surface area contributed by atoms with Crippen LogP contribution in [-0.2, 0) is 16.6 Å². The van der Waals surface area contributed by atoms with E-state index in [0.29, 0.717) is 22.9 Å². The van der Waals surface area contributed by atoms with Crippen molar-refractivity contribution in [3.8, 4) is 21.7 Å². The molecule has 1 atom stereocenters. The van der Waals surface area contributed by atoms with Gasteiger partial charge in [0, 0.05) is 34.1 Å². The third-order valence-electron chi connectivity index (χ3n) is 7.60. The van der Waals surface area contributed by atoms with E-state index in [1.165, 1.54) is 11.3 Å². The summed E-state index contributed by atoms with van der Waals surface area (Å²) in [6.45, 7) is 11.9. The van der Waals surface area contributed by atoms with Gasteiger partial charge in [-0.3, -0.25) is 9.58 Å². The van der Waals surface area contributed by atoms with Crippen molar-refractivity contribution in [2.24, 2.45) is 7.05 Å². The number of rotatable bonds is 6. The number of nitrogens with one attached hydrogen (secondary N) is 1. The Kier molecular flexibility index (Phi) is 7.22. The molecule has 1 fully saturated rings. The molecule has 44 heavy (non-hydrogen) atoms. The van der Waals surface area contributed by atoms with Crippen LogP contribution in [0.3, 0.4) is 0 Å². The average Bonchev–Trinajstić information content (AvgIpc) is 3.58. The molecule has 0 spiro atoms. The summed E-state index contributed by atoms with van der Waals surface area (Å²) in [5, 5.41) is 20.3. The fraction of sp³-hybridized carbons (Fsp3) is 0.333. The predicted molar refractivity (Wildman–Crippen MR) is 176 cm³/mol. The molecule has 11 heteroatoms. The molecule has 0 saturated carbocycles. The Morgan fingerprint density at radius 3 is 2.43 bits per heavy atom. The maximum Gasteiger partial charge on any atom is 0.337 e. The first kappa shape index (κ1) is 30.1. The number of aliphatic carboxylic acids is 1. The first-order valence-corrected chi connectivity index (χ1v) is 15.5. The van der Waals surface area contributed by atoms with Crippen molar-refractivity contribution in [1.82, 2.24) is 20.1 Å². The van der Waals surface area contributed by atoms with Gasteiger partial charge in [-0.15, -0.1) is 11.3 Å². The van der Waals surface area contributed by atoms with Gasteiger partial charge in [0.1, 0.15) is 5.01 Å². The summed E-state index contributed by atoms with van der Waals surface area (Å²) in [6, 6.07) is 15.1. The Labute approximate surface area is 264 Å². The summed E-state index contributed by atoms with van der Waals surface area (Å²) < 4.78 is 8.77. The lowest BCUT2D eigenvalue weighted by Gasteiger charge is -2.28. The molecule has 6 rings (SSSR count). The van der Waals surface area contributed by atoms with E-state index < -0.39 is 17.7 Å². The molecule has 2 amide bonds. The van der Waals surface area contributed by atoms with Gasteiger partial charge < -0.3 is 15.2 Å². The molecule has 3 heterocycles. The number of carboxylic acid groups (broad SMARTS) is 1. The molecule has 0 radical (unpaired) electrons. The molecule has 0 aliphatic carbocycles. The third kappa shape index (κ3) is 5.42. The van der Waals surface area contributed by atoms with Gasteiger partial charge in [0.25, 0.3) is 0 Å². The number of amides is 2. The van der Waals surface area contributed by atoms with Gasteiger partial charge in [0.05, 0.1) is 33.4 Å². The van der Waals surface area contributed by atoms with Crippen LogP contribution in [0.1, 0.15) is 51.8 Å². The van der Waals surface area contributed by atoms with Crippen LogP contribution >= 0.6 is 22.9 Å². The highest BCUT2D eigenvalue weighted by Crippen LogP contribution is 2.45. The summed E-state index contributed by atoms with van der Waals surface area (Å²) in [7, 11) is 1.86. The van der Waals surface area contributed by atoms with Crippen molar-refractivity contribution in [2.45, 2.75) is 58.8 Å². The third-order valence-corrected chi connectivity index (χ3v) is 8.99. The van der Waals surface area contributed by atoms with E-state index in [9.17, 15) is 14.7 Å². The number of ether oxygens (including phenoxy) is 1. The minimum Gasteiger partial charge on any atom is -0.479 e. The molecular formula is C33H34ClN5O4S. The lowest BCUT2D eigenvalue weighted by atomic mass is 9.91. The molecule has 9 nitrogen and oxygen atoms in total. The van der Waals surface area contributed by atoms with Crippen LogP contribution < -0.4 is 10.2 Å². The lowest BCUT2D eigenvalue weighted by Crippen LogP contribution is -2.36. The first-order valence-electron chi connectivity index (χ1n) is 14.3. The zero-order valence-corrected chi connectivity index (χ0v) is 27.2. The minimum atomic E-state index is -1.19. The molecular weight excluding hydrogens is 598 g/mol. The minimum absolute atomic E-state index is 0.179. The van der Waals surface area contributed by atoms with Crippen LogP contribution in [0.25, 0.3) is 42.8 Å². The number of carboxylic acids is 1. The molecule has 5 aromatic rings. The van der Waals surface area contributed by atoms with Gasteiger partial charge in [-0.1, -0.05) is 23.7 Å². The molecule has 1 saturated heterocycles. The van der Waals surface area contributed by atoms with Crippen molar-refractivity contribution in [1.29, 1.82) is 0 Å². The maximum atomic E-state index is 12.9. The number of carbonyl (C=O) groups excluding carboxylic acids is 1. The molecule has 1 aliphatic heterocycles. The van der Waals surface area contributed by atoms with E-state index in [4.69, 9.17) is 26.4 Å². The monoisotopic (exact) mass is 631 g/mol. The van der Waals surface area contributed by atoms with E-state index in [2.05, 4.69) is 5.32 Å². The van der Waals surface area contributed by atoms with Gasteiger partial charge >= 0.3 is 12.0 Å². The number of aryl methyl sites for hydroxylation is 2. The van der Waals surface area contributed by atoms with Crippen LogP contribution in [0, 0.1) is 6.92 Å². The molecule has 1 unspecified atom stereocenters. The number of carbonyl (C=O) groups is 2. The second kappa shape index (κ2) is 10.6. The largest absolute Gasteiger partial charge is 0.479 e. The lowest BCUT2D eigenvalue weighted by molar-refractivity contribution is -0.160. The smallest absolute Gasteiger partial charge is 0.337 e. The number of fused-ring (bicyclic) bond motifs is 2. The standard InChI is InChI=1S/C33H34ClN5O4S/c1-17-14-22-27(25(18-8-11-20(34)12-9-18)24(17)26(30(40)41)43-32(2,3)4)44-29(35-22)19-10-13-23-21(15-19)28(37-38(23)7)39-16-33(5,6)36-31(39)42/h8-15,26H,16H2,1-7H3,(H,36,42)(H,40,41). The number of hydrogen-bond donors (Lipinski definition) is 2. The number of nitrogens with zero attached hydrogens (tertiary/aromatic N) is 4. The van der Waals surface area contributed by atoms with Crippen molar-refractivity contribution in [3.63, 3.8) is 0 Å². The average molecular weight is 632 g/mol. The highest BCUT2D eigenvalue weighted by molar-refractivity contribution is 7.22. The SMILES string of the molecule is Cc1cc2nc(-c3ccc4c(c3)c(N3CC(C)(C)NC3=O)nn4C)sc2c(-c2ccc(Cl)cc2)c1C(OC(C)(C)C)C(=O)O. The van der Waals surface area contributed by atoms with Crippen LogP contribution in [0.15, 0.2) is 48.5 Å². The van der Waals surface area contributed by atoms with Crippen LogP contribution in [0.5, 0.6) is 0 Å².